The molecule has 1 fully saturated rings. The highest BCUT2D eigenvalue weighted by Crippen LogP contribution is 2.45. The third kappa shape index (κ3) is 3.04. The molecule has 0 saturated heterocycles. The average molecular weight is 248 g/mol. The van der Waals surface area contributed by atoms with Gasteiger partial charge in [0.1, 0.15) is 6.61 Å². The van der Waals surface area contributed by atoms with E-state index < -0.39 is 0 Å². The lowest BCUT2D eigenvalue weighted by atomic mass is 9.77. The third-order valence-corrected chi connectivity index (χ3v) is 4.26. The molecule has 0 radical (unpaired) electrons. The number of hydrogen-bond acceptors (Lipinski definition) is 2. The van der Waals surface area contributed by atoms with Gasteiger partial charge in [0, 0.05) is 6.92 Å². The monoisotopic (exact) mass is 248 g/mol. The van der Waals surface area contributed by atoms with Crippen molar-refractivity contribution >= 4 is 5.97 Å². The Morgan fingerprint density at radius 3 is 2.83 bits per heavy atom. The van der Waals surface area contributed by atoms with Gasteiger partial charge < -0.3 is 4.74 Å². The topological polar surface area (TPSA) is 26.3 Å². The lowest BCUT2D eigenvalue weighted by Crippen LogP contribution is -2.16. The Labute approximate surface area is 110 Å². The number of esters is 1. The second-order valence-electron chi connectivity index (χ2n) is 5.80. The van der Waals surface area contributed by atoms with Gasteiger partial charge in [-0.05, 0) is 56.9 Å². The highest BCUT2D eigenvalue weighted by atomic mass is 16.5. The van der Waals surface area contributed by atoms with Gasteiger partial charge in [0.15, 0.2) is 0 Å². The highest BCUT2D eigenvalue weighted by Gasteiger charge is 2.31. The summed E-state index contributed by atoms with van der Waals surface area (Å²) in [7, 11) is 0. The molecule has 0 aromatic rings. The first kappa shape index (κ1) is 13.4. The van der Waals surface area contributed by atoms with Crippen LogP contribution in [-0.2, 0) is 9.53 Å². The summed E-state index contributed by atoms with van der Waals surface area (Å²) in [4.78, 5) is 10.8. The summed E-state index contributed by atoms with van der Waals surface area (Å²) < 4.78 is 5.06. The summed E-state index contributed by atoms with van der Waals surface area (Å²) in [5.74, 6) is 1.24. The standard InChI is InChI=1S/C16H24O2/c1-11(10-18-13(3)17)9-15-6-4-5-14-8-7-12(2)16(14)15/h9,14-15H,4-8,10H2,1-3H3. The van der Waals surface area contributed by atoms with Gasteiger partial charge in [0.2, 0.25) is 0 Å². The summed E-state index contributed by atoms with van der Waals surface area (Å²) in [6.45, 7) is 6.27. The molecule has 0 amide bonds. The van der Waals surface area contributed by atoms with Crippen LogP contribution in [0, 0.1) is 11.8 Å². The molecule has 0 aromatic heterocycles. The van der Waals surface area contributed by atoms with Gasteiger partial charge in [0.25, 0.3) is 0 Å². The first-order valence-electron chi connectivity index (χ1n) is 7.08. The second-order valence-corrected chi connectivity index (χ2v) is 5.80. The lowest BCUT2D eigenvalue weighted by Gasteiger charge is -2.29. The van der Waals surface area contributed by atoms with E-state index in [4.69, 9.17) is 4.74 Å². The predicted molar refractivity (Wildman–Crippen MR) is 73.2 cm³/mol. The van der Waals surface area contributed by atoms with Gasteiger partial charge in [0.05, 0.1) is 0 Å². The van der Waals surface area contributed by atoms with Gasteiger partial charge in [-0.1, -0.05) is 23.6 Å². The molecule has 1 saturated carbocycles. The molecule has 2 nitrogen and oxygen atoms in total. The number of fused-ring (bicyclic) bond motifs is 1. The van der Waals surface area contributed by atoms with Crippen LogP contribution in [0.15, 0.2) is 22.8 Å². The van der Waals surface area contributed by atoms with Crippen molar-refractivity contribution in [2.75, 3.05) is 6.61 Å². The van der Waals surface area contributed by atoms with E-state index in [2.05, 4.69) is 19.9 Å². The minimum atomic E-state index is -0.194. The zero-order chi connectivity index (χ0) is 13.1. The first-order valence-corrected chi connectivity index (χ1v) is 7.08. The molecule has 0 N–H and O–H groups in total. The maximum atomic E-state index is 10.8. The molecule has 18 heavy (non-hydrogen) atoms. The van der Waals surface area contributed by atoms with Gasteiger partial charge >= 0.3 is 5.97 Å². The Morgan fingerprint density at radius 1 is 1.33 bits per heavy atom. The van der Waals surface area contributed by atoms with Crippen LogP contribution < -0.4 is 0 Å². The molecule has 2 rings (SSSR count). The van der Waals surface area contributed by atoms with Crippen molar-refractivity contribution in [3.8, 4) is 0 Å². The van der Waals surface area contributed by atoms with Crippen LogP contribution in [0.25, 0.3) is 0 Å². The Balaban J connectivity index is 2.05. The van der Waals surface area contributed by atoms with E-state index >= 15 is 0 Å². The smallest absolute Gasteiger partial charge is 0.302 e. The Bertz CT molecular complexity index is 390. The van der Waals surface area contributed by atoms with Crippen molar-refractivity contribution in [3.05, 3.63) is 22.8 Å². The minimum Gasteiger partial charge on any atom is -0.461 e. The maximum Gasteiger partial charge on any atom is 0.302 e. The van der Waals surface area contributed by atoms with Crippen LogP contribution in [0.5, 0.6) is 0 Å². The van der Waals surface area contributed by atoms with Crippen LogP contribution in [-0.4, -0.2) is 12.6 Å². The molecule has 2 aliphatic rings. The zero-order valence-electron chi connectivity index (χ0n) is 11.8. The Kier molecular flexibility index (Phi) is 4.26. The fourth-order valence-corrected chi connectivity index (χ4v) is 3.48. The second kappa shape index (κ2) is 5.73. The number of ether oxygens (including phenoxy) is 1. The Morgan fingerprint density at radius 2 is 2.11 bits per heavy atom. The van der Waals surface area contributed by atoms with E-state index in [1.165, 1.54) is 44.6 Å². The van der Waals surface area contributed by atoms with Gasteiger partial charge in [-0.3, -0.25) is 4.79 Å². The molecular weight excluding hydrogens is 224 g/mol. The number of allylic oxidation sites excluding steroid dienone is 3. The average Bonchev–Trinajstić information content (AvgIpc) is 2.70. The molecule has 100 valence electrons. The van der Waals surface area contributed by atoms with Crippen LogP contribution >= 0.6 is 0 Å². The molecule has 0 heterocycles. The summed E-state index contributed by atoms with van der Waals surface area (Å²) >= 11 is 0. The van der Waals surface area contributed by atoms with Crippen LogP contribution in [0.1, 0.15) is 52.9 Å². The molecule has 0 aliphatic heterocycles. The van der Waals surface area contributed by atoms with Crippen LogP contribution in [0.2, 0.25) is 0 Å². The number of hydrogen-bond donors (Lipinski definition) is 0. The Hall–Kier alpha value is -1.05. The van der Waals surface area contributed by atoms with E-state index in [1.54, 1.807) is 11.1 Å². The van der Waals surface area contributed by atoms with Crippen molar-refractivity contribution in [1.82, 2.24) is 0 Å². The predicted octanol–water partition coefficient (Wildman–Crippen LogP) is 4.02. The van der Waals surface area contributed by atoms with Crippen molar-refractivity contribution in [2.45, 2.75) is 52.9 Å². The zero-order valence-corrected chi connectivity index (χ0v) is 11.8. The molecule has 0 spiro atoms. The number of rotatable bonds is 3. The van der Waals surface area contributed by atoms with Gasteiger partial charge in [-0.15, -0.1) is 0 Å². The van der Waals surface area contributed by atoms with Gasteiger partial charge in [-0.2, -0.15) is 0 Å². The number of carbonyl (C=O) groups excluding carboxylic acids is 1. The van der Waals surface area contributed by atoms with E-state index in [0.717, 1.165) is 5.92 Å². The molecule has 0 bridgehead atoms. The van der Waals surface area contributed by atoms with Crippen molar-refractivity contribution < 1.29 is 9.53 Å². The summed E-state index contributed by atoms with van der Waals surface area (Å²) in [5, 5.41) is 0. The molecule has 2 unspecified atom stereocenters. The fraction of sp³-hybridized carbons (Fsp3) is 0.688. The molecule has 2 atom stereocenters. The SMILES string of the molecule is CC(=O)OCC(C)=CC1CCCC2CCC(C)=C12. The molecule has 2 heteroatoms. The quantitative estimate of drug-likeness (QED) is 0.557. The van der Waals surface area contributed by atoms with Crippen molar-refractivity contribution in [3.63, 3.8) is 0 Å². The van der Waals surface area contributed by atoms with E-state index in [-0.39, 0.29) is 5.97 Å². The lowest BCUT2D eigenvalue weighted by molar-refractivity contribution is -0.139. The van der Waals surface area contributed by atoms with Crippen LogP contribution in [0.4, 0.5) is 0 Å². The molecule has 2 aliphatic carbocycles. The third-order valence-electron chi connectivity index (χ3n) is 4.26. The van der Waals surface area contributed by atoms with Gasteiger partial charge in [-0.25, -0.2) is 0 Å². The molecular formula is C16H24O2. The molecule has 0 aromatic carbocycles. The van der Waals surface area contributed by atoms with E-state index in [1.807, 2.05) is 0 Å². The van der Waals surface area contributed by atoms with Crippen LogP contribution in [0.3, 0.4) is 0 Å². The highest BCUT2D eigenvalue weighted by molar-refractivity contribution is 5.66. The first-order chi connectivity index (χ1) is 8.58. The normalized spacial score (nSPS) is 28.3. The number of carbonyl (C=O) groups is 1. The fourth-order valence-electron chi connectivity index (χ4n) is 3.48. The van der Waals surface area contributed by atoms with E-state index in [9.17, 15) is 4.79 Å². The van der Waals surface area contributed by atoms with E-state index in [0.29, 0.717) is 12.5 Å². The summed E-state index contributed by atoms with van der Waals surface area (Å²) in [6.07, 6.45) is 8.95. The summed E-state index contributed by atoms with van der Waals surface area (Å²) in [6, 6.07) is 0. The van der Waals surface area contributed by atoms with Crippen molar-refractivity contribution in [2.24, 2.45) is 11.8 Å². The summed E-state index contributed by atoms with van der Waals surface area (Å²) in [5.41, 5.74) is 4.49. The largest absolute Gasteiger partial charge is 0.461 e. The maximum absolute atomic E-state index is 10.8. The van der Waals surface area contributed by atoms with Crippen molar-refractivity contribution in [1.29, 1.82) is 0 Å². The minimum absolute atomic E-state index is 0.194.